The molecule has 2 aliphatic carbocycles. The van der Waals surface area contributed by atoms with E-state index in [-0.39, 0.29) is 5.41 Å². The maximum atomic E-state index is 5.41. The third-order valence-corrected chi connectivity index (χ3v) is 8.09. The molecule has 2 aliphatic rings. The van der Waals surface area contributed by atoms with Crippen molar-refractivity contribution in [1.29, 1.82) is 0 Å². The van der Waals surface area contributed by atoms with Crippen LogP contribution in [0.4, 0.5) is 0 Å². The summed E-state index contributed by atoms with van der Waals surface area (Å²) in [4.78, 5) is 5.41. The summed E-state index contributed by atoms with van der Waals surface area (Å²) in [7, 11) is 0. The molecule has 0 heterocycles. The Hall–Kier alpha value is -1.21. The third kappa shape index (κ3) is 6.41. The van der Waals surface area contributed by atoms with Crippen LogP contribution in [0.25, 0.3) is 0 Å². The van der Waals surface area contributed by atoms with Crippen LogP contribution in [0.15, 0.2) is 35.3 Å². The predicted octanol–water partition coefficient (Wildman–Crippen LogP) is 6.03. The van der Waals surface area contributed by atoms with Crippen LogP contribution in [0.3, 0.4) is 0 Å². The molecule has 0 atom stereocenters. The van der Waals surface area contributed by atoms with E-state index in [1.54, 1.807) is 0 Å². The first-order chi connectivity index (χ1) is 13.5. The summed E-state index contributed by atoms with van der Waals surface area (Å²) in [6, 6.07) is 11.6. The van der Waals surface area contributed by atoms with E-state index in [2.05, 4.69) is 65.6 Å². The van der Waals surface area contributed by atoms with E-state index in [4.69, 9.17) is 4.99 Å². The van der Waals surface area contributed by atoms with Gasteiger partial charge >= 0.3 is 179 Å². The van der Waals surface area contributed by atoms with Gasteiger partial charge in [-0.2, -0.15) is 0 Å². The van der Waals surface area contributed by atoms with E-state index in [0.29, 0.717) is 12.1 Å². The number of benzene rings is 1. The van der Waals surface area contributed by atoms with E-state index < -0.39 is 15.7 Å². The van der Waals surface area contributed by atoms with Crippen LogP contribution < -0.4 is 0 Å². The Kier molecular flexibility index (Phi) is 8.09. The summed E-state index contributed by atoms with van der Waals surface area (Å²) >= 11 is -0.547. The van der Waals surface area contributed by atoms with Crippen molar-refractivity contribution in [3.05, 3.63) is 35.9 Å². The van der Waals surface area contributed by atoms with Crippen LogP contribution in [0.5, 0.6) is 0 Å². The van der Waals surface area contributed by atoms with Gasteiger partial charge in [-0.25, -0.2) is 0 Å². The molecule has 0 bridgehead atoms. The molecule has 0 N–H and O–H groups in total. The first-order valence-electron chi connectivity index (χ1n) is 11.2. The maximum absolute atomic E-state index is 5.41. The molecule has 1 aromatic rings. The Bertz CT molecular complexity index is 681. The minimum absolute atomic E-state index is 0.0901. The van der Waals surface area contributed by atoms with Crippen LogP contribution in [-0.2, 0) is 0 Å². The zero-order chi connectivity index (χ0) is 19.8. The molecule has 2 saturated carbocycles. The van der Waals surface area contributed by atoms with Crippen molar-refractivity contribution in [3.63, 3.8) is 0 Å². The number of amidine groups is 1. The van der Waals surface area contributed by atoms with E-state index in [1.807, 2.05) is 0 Å². The molecule has 150 valence electrons. The van der Waals surface area contributed by atoms with Crippen molar-refractivity contribution in [1.82, 2.24) is 3.86 Å². The van der Waals surface area contributed by atoms with Crippen LogP contribution >= 0.6 is 0 Å². The summed E-state index contributed by atoms with van der Waals surface area (Å²) in [5.41, 5.74) is 1.23. The van der Waals surface area contributed by atoms with E-state index in [9.17, 15) is 0 Å². The topological polar surface area (TPSA) is 15.6 Å². The second-order valence-electron chi connectivity index (χ2n) is 9.38. The number of nitrogens with zero attached hydrogens (tertiary/aromatic N) is 2. The number of hydrogen-bond donors (Lipinski definition) is 0. The molecule has 3 rings (SSSR count). The zero-order valence-corrected chi connectivity index (χ0v) is 20.1. The van der Waals surface area contributed by atoms with E-state index in [1.165, 1.54) is 70.0 Å². The SMILES string of the molecule is CC(C)(C)C(=NC1CCCCC1)[N]([Ge][C]#Cc1ccccc1)C1CCCCC1. The van der Waals surface area contributed by atoms with Crippen LogP contribution in [0.2, 0.25) is 0 Å². The van der Waals surface area contributed by atoms with Gasteiger partial charge in [0.2, 0.25) is 0 Å². The minimum atomic E-state index is -0.547. The van der Waals surface area contributed by atoms with E-state index in [0.717, 1.165) is 5.56 Å². The second-order valence-corrected chi connectivity index (χ2v) is 11.4. The molecule has 0 aromatic heterocycles. The molecule has 1 aromatic carbocycles. The normalized spacial score (nSPS) is 19.8. The Labute approximate surface area is 179 Å². The van der Waals surface area contributed by atoms with Crippen LogP contribution in [0.1, 0.15) is 90.5 Å². The fraction of sp³-hybridized carbons (Fsp3) is 0.640. The van der Waals surface area contributed by atoms with Gasteiger partial charge in [0.1, 0.15) is 0 Å². The van der Waals surface area contributed by atoms with Crippen molar-refractivity contribution in [3.8, 4) is 10.7 Å². The molecule has 2 fully saturated rings. The summed E-state index contributed by atoms with van der Waals surface area (Å²) < 4.78 is 6.32. The number of rotatable bonds is 3. The van der Waals surface area contributed by atoms with Gasteiger partial charge in [0.05, 0.1) is 0 Å². The van der Waals surface area contributed by atoms with Gasteiger partial charge in [-0.1, -0.05) is 0 Å². The fourth-order valence-corrected chi connectivity index (χ4v) is 6.98. The van der Waals surface area contributed by atoms with Gasteiger partial charge in [-0.05, 0) is 0 Å². The standard InChI is InChI=1S/C25H36GeN2/c1-25(2,3)24(27-22-15-9-5-10-16-22)28(23-17-11-6-12-18-23)26-20-19-21-13-7-4-8-14-21/h4,7-8,13-14,22-23H,5-6,9-12,15-18H2,1-3H3. The third-order valence-electron chi connectivity index (χ3n) is 5.88. The van der Waals surface area contributed by atoms with Crippen molar-refractivity contribution >= 4 is 21.5 Å². The van der Waals surface area contributed by atoms with Crippen molar-refractivity contribution in [2.24, 2.45) is 10.4 Å². The Morgan fingerprint density at radius 2 is 1.54 bits per heavy atom. The molecule has 0 amide bonds. The number of hydrogen-bond acceptors (Lipinski definition) is 1. The second kappa shape index (κ2) is 10.5. The first-order valence-corrected chi connectivity index (χ1v) is 13.2. The van der Waals surface area contributed by atoms with Crippen molar-refractivity contribution in [2.75, 3.05) is 0 Å². The predicted molar refractivity (Wildman–Crippen MR) is 122 cm³/mol. The average Bonchev–Trinajstić information content (AvgIpc) is 2.71. The van der Waals surface area contributed by atoms with Crippen LogP contribution in [0, 0.1) is 16.1 Å². The van der Waals surface area contributed by atoms with Gasteiger partial charge in [0.15, 0.2) is 0 Å². The molecule has 0 unspecified atom stereocenters. The molecule has 2 radical (unpaired) electrons. The van der Waals surface area contributed by atoms with Crippen LogP contribution in [-0.4, -0.2) is 37.4 Å². The summed E-state index contributed by atoms with van der Waals surface area (Å²) in [5, 5.41) is 0. The van der Waals surface area contributed by atoms with Gasteiger partial charge < -0.3 is 0 Å². The number of aliphatic imine (C=N–C) groups is 1. The quantitative estimate of drug-likeness (QED) is 0.244. The molecule has 0 spiro atoms. The molecule has 28 heavy (non-hydrogen) atoms. The summed E-state index contributed by atoms with van der Waals surface area (Å²) in [6.45, 7) is 7.05. The van der Waals surface area contributed by atoms with Crippen molar-refractivity contribution < 1.29 is 0 Å². The molecular formula is C25H36GeN2. The van der Waals surface area contributed by atoms with E-state index >= 15 is 0 Å². The van der Waals surface area contributed by atoms with Gasteiger partial charge in [0.25, 0.3) is 0 Å². The fourth-order valence-electron chi connectivity index (χ4n) is 4.34. The van der Waals surface area contributed by atoms with Gasteiger partial charge in [0, 0.05) is 0 Å². The molecule has 0 aliphatic heterocycles. The average molecular weight is 437 g/mol. The molecular weight excluding hydrogens is 401 g/mol. The summed E-state index contributed by atoms with van der Waals surface area (Å²) in [5.74, 6) is 4.79. The van der Waals surface area contributed by atoms with Gasteiger partial charge in [-0.3, -0.25) is 0 Å². The van der Waals surface area contributed by atoms with Crippen molar-refractivity contribution in [2.45, 2.75) is 97.1 Å². The Balaban J connectivity index is 1.85. The Morgan fingerprint density at radius 1 is 0.929 bits per heavy atom. The monoisotopic (exact) mass is 438 g/mol. The molecule has 2 nitrogen and oxygen atoms in total. The molecule has 3 heteroatoms. The Morgan fingerprint density at radius 3 is 2.14 bits per heavy atom. The first kappa shape index (κ1) is 21.5. The zero-order valence-electron chi connectivity index (χ0n) is 18.0. The summed E-state index contributed by atoms with van der Waals surface area (Å²) in [6.07, 6.45) is 13.4. The van der Waals surface area contributed by atoms with Gasteiger partial charge in [-0.15, -0.1) is 0 Å². The molecule has 0 saturated heterocycles.